The molecule has 4 aromatic rings. The topological polar surface area (TPSA) is 61.4 Å². The third-order valence-electron chi connectivity index (χ3n) is 6.09. The number of carbonyl (C=O) groups excluding carboxylic acids is 1. The maximum Gasteiger partial charge on any atom is 0.253 e. The number of aromatic nitrogens is 2. The first-order chi connectivity index (χ1) is 15.8. The number of fused-ring (bicyclic) bond motifs is 2. The molecule has 0 unspecified atom stereocenters. The van der Waals surface area contributed by atoms with E-state index in [1.807, 2.05) is 30.3 Å². The van der Waals surface area contributed by atoms with Gasteiger partial charge in [0.15, 0.2) is 0 Å². The standard InChI is InChI=1S/C25H27N5OS.ClH/c31-25(21-10-5-7-19-8-6-13-26-23(19)21)27-12-3-4-14-29-15-17-30(18-16-29)24-20-9-1-2-11-22(20)32-28-24;/h1-2,5-11,13H,3-4,12,14-18H2,(H,27,31);1H. The summed E-state index contributed by atoms with van der Waals surface area (Å²) in [5.74, 6) is 1.09. The first-order valence-corrected chi connectivity index (χ1v) is 12.0. The Morgan fingerprint density at radius 3 is 2.67 bits per heavy atom. The van der Waals surface area contributed by atoms with E-state index >= 15 is 0 Å². The number of nitrogens with zero attached hydrogens (tertiary/aromatic N) is 4. The van der Waals surface area contributed by atoms with Gasteiger partial charge in [-0.15, -0.1) is 12.4 Å². The molecular formula is C25H28ClN5OS. The molecule has 0 atom stereocenters. The van der Waals surface area contributed by atoms with Crippen LogP contribution in [0.25, 0.3) is 21.0 Å². The van der Waals surface area contributed by atoms with Crippen molar-refractivity contribution in [3.8, 4) is 0 Å². The zero-order valence-electron chi connectivity index (χ0n) is 18.4. The monoisotopic (exact) mass is 481 g/mol. The van der Waals surface area contributed by atoms with Gasteiger partial charge in [-0.05, 0) is 55.2 Å². The van der Waals surface area contributed by atoms with Crippen molar-refractivity contribution >= 4 is 56.7 Å². The number of nitrogens with one attached hydrogen (secondary N) is 1. The van der Waals surface area contributed by atoms with Crippen LogP contribution >= 0.6 is 23.9 Å². The average Bonchev–Trinajstić information content (AvgIpc) is 3.28. The molecule has 1 amide bonds. The second-order valence-electron chi connectivity index (χ2n) is 8.17. The number of hydrogen-bond acceptors (Lipinski definition) is 6. The summed E-state index contributed by atoms with van der Waals surface area (Å²) in [4.78, 5) is 21.9. The smallest absolute Gasteiger partial charge is 0.253 e. The van der Waals surface area contributed by atoms with Crippen molar-refractivity contribution in [1.82, 2.24) is 19.6 Å². The number of para-hydroxylation sites is 1. The van der Waals surface area contributed by atoms with E-state index < -0.39 is 0 Å². The Bertz CT molecular complexity index is 1220. The molecule has 2 aromatic carbocycles. The molecule has 8 heteroatoms. The summed E-state index contributed by atoms with van der Waals surface area (Å²) >= 11 is 1.59. The molecule has 1 fully saturated rings. The highest BCUT2D eigenvalue weighted by atomic mass is 35.5. The summed E-state index contributed by atoms with van der Waals surface area (Å²) in [6.45, 7) is 5.89. The van der Waals surface area contributed by atoms with Gasteiger partial charge in [0.05, 0.1) is 15.8 Å². The zero-order valence-corrected chi connectivity index (χ0v) is 20.1. The van der Waals surface area contributed by atoms with Crippen LogP contribution < -0.4 is 10.2 Å². The molecule has 1 aliphatic heterocycles. The quantitative estimate of drug-likeness (QED) is 0.391. The molecule has 0 spiro atoms. The van der Waals surface area contributed by atoms with Gasteiger partial charge in [0.2, 0.25) is 0 Å². The minimum Gasteiger partial charge on any atom is -0.353 e. The fourth-order valence-electron chi connectivity index (χ4n) is 4.33. The molecule has 1 N–H and O–H groups in total. The highest BCUT2D eigenvalue weighted by Crippen LogP contribution is 2.29. The van der Waals surface area contributed by atoms with Gasteiger partial charge >= 0.3 is 0 Å². The number of rotatable bonds is 7. The van der Waals surface area contributed by atoms with Crippen LogP contribution in [0, 0.1) is 0 Å². The van der Waals surface area contributed by atoms with Gasteiger partial charge in [0, 0.05) is 49.7 Å². The fraction of sp³-hybridized carbons (Fsp3) is 0.320. The van der Waals surface area contributed by atoms with Crippen LogP contribution in [0.5, 0.6) is 0 Å². The number of unbranched alkanes of at least 4 members (excludes halogenated alkanes) is 1. The van der Waals surface area contributed by atoms with Crippen LogP contribution in [0.1, 0.15) is 23.2 Å². The van der Waals surface area contributed by atoms with E-state index in [0.29, 0.717) is 12.1 Å². The van der Waals surface area contributed by atoms with Crippen LogP contribution in [0.4, 0.5) is 5.82 Å². The van der Waals surface area contributed by atoms with Gasteiger partial charge < -0.3 is 10.2 Å². The molecule has 3 heterocycles. The van der Waals surface area contributed by atoms with Gasteiger partial charge in [-0.2, -0.15) is 4.37 Å². The summed E-state index contributed by atoms with van der Waals surface area (Å²) < 4.78 is 5.95. The SMILES string of the molecule is Cl.O=C(NCCCCN1CCN(c2nsc3ccccc23)CC1)c1cccc2cccnc12. The number of benzene rings is 2. The van der Waals surface area contributed by atoms with Gasteiger partial charge in [-0.1, -0.05) is 30.3 Å². The highest BCUT2D eigenvalue weighted by Gasteiger charge is 2.20. The summed E-state index contributed by atoms with van der Waals surface area (Å²) in [6.07, 6.45) is 3.78. The number of carbonyl (C=O) groups is 1. The lowest BCUT2D eigenvalue weighted by Gasteiger charge is -2.35. The molecule has 2 aromatic heterocycles. The van der Waals surface area contributed by atoms with Gasteiger partial charge in [0.25, 0.3) is 5.91 Å². The van der Waals surface area contributed by atoms with E-state index in [1.54, 1.807) is 17.7 Å². The molecule has 6 nitrogen and oxygen atoms in total. The summed E-state index contributed by atoms with van der Waals surface area (Å²) in [5, 5.41) is 5.32. The highest BCUT2D eigenvalue weighted by molar-refractivity contribution is 7.13. The molecule has 5 rings (SSSR count). The van der Waals surface area contributed by atoms with Gasteiger partial charge in [-0.3, -0.25) is 14.7 Å². The minimum atomic E-state index is -0.0431. The summed E-state index contributed by atoms with van der Waals surface area (Å²) in [6, 6.07) is 18.1. The maximum atomic E-state index is 12.6. The molecule has 1 aliphatic rings. The van der Waals surface area contributed by atoms with Crippen molar-refractivity contribution in [3.63, 3.8) is 0 Å². The Morgan fingerprint density at radius 2 is 1.79 bits per heavy atom. The van der Waals surface area contributed by atoms with E-state index in [1.165, 1.54) is 10.1 Å². The minimum absolute atomic E-state index is 0. The van der Waals surface area contributed by atoms with Crippen LogP contribution in [-0.2, 0) is 0 Å². The van der Waals surface area contributed by atoms with E-state index in [9.17, 15) is 4.79 Å². The molecule has 33 heavy (non-hydrogen) atoms. The van der Waals surface area contributed by atoms with Gasteiger partial charge in [-0.25, -0.2) is 0 Å². The first kappa shape index (κ1) is 23.4. The van der Waals surface area contributed by atoms with E-state index in [2.05, 4.69) is 44.4 Å². The molecule has 0 saturated carbocycles. The number of pyridine rings is 1. The first-order valence-electron chi connectivity index (χ1n) is 11.2. The largest absolute Gasteiger partial charge is 0.353 e. The Kier molecular flexibility index (Phi) is 7.75. The molecule has 1 saturated heterocycles. The molecule has 0 radical (unpaired) electrons. The van der Waals surface area contributed by atoms with Crippen molar-refractivity contribution in [2.45, 2.75) is 12.8 Å². The van der Waals surface area contributed by atoms with E-state index in [4.69, 9.17) is 4.37 Å². The van der Waals surface area contributed by atoms with Crippen molar-refractivity contribution in [2.24, 2.45) is 0 Å². The predicted octanol–water partition coefficient (Wildman–Crippen LogP) is 4.60. The number of hydrogen-bond donors (Lipinski definition) is 1. The molecule has 0 aliphatic carbocycles. The molecule has 172 valence electrons. The van der Waals surface area contributed by atoms with Crippen molar-refractivity contribution in [2.75, 3.05) is 44.2 Å². The van der Waals surface area contributed by atoms with Crippen molar-refractivity contribution in [1.29, 1.82) is 0 Å². The summed E-state index contributed by atoms with van der Waals surface area (Å²) in [7, 11) is 0. The number of anilines is 1. The maximum absolute atomic E-state index is 12.6. The van der Waals surface area contributed by atoms with Crippen LogP contribution in [0.3, 0.4) is 0 Å². The summed E-state index contributed by atoms with van der Waals surface area (Å²) in [5.41, 5.74) is 1.41. The normalized spacial score (nSPS) is 14.4. The Labute approximate surface area is 204 Å². The molecule has 0 bridgehead atoms. The second kappa shape index (κ2) is 10.9. The number of amides is 1. The van der Waals surface area contributed by atoms with Crippen molar-refractivity contribution in [3.05, 3.63) is 66.4 Å². The fourth-order valence-corrected chi connectivity index (χ4v) is 5.12. The molecular weight excluding hydrogens is 454 g/mol. The Morgan fingerprint density at radius 1 is 0.970 bits per heavy atom. The van der Waals surface area contributed by atoms with Crippen LogP contribution in [0.15, 0.2) is 60.8 Å². The van der Waals surface area contributed by atoms with Gasteiger partial charge in [0.1, 0.15) is 5.82 Å². The van der Waals surface area contributed by atoms with E-state index in [0.717, 1.165) is 62.3 Å². The number of halogens is 1. The number of piperazine rings is 1. The third-order valence-corrected chi connectivity index (χ3v) is 6.91. The second-order valence-corrected chi connectivity index (χ2v) is 8.98. The van der Waals surface area contributed by atoms with E-state index in [-0.39, 0.29) is 18.3 Å². The predicted molar refractivity (Wildman–Crippen MR) is 139 cm³/mol. The average molecular weight is 482 g/mol. The van der Waals surface area contributed by atoms with Crippen molar-refractivity contribution < 1.29 is 4.79 Å². The lowest BCUT2D eigenvalue weighted by molar-refractivity contribution is 0.0954. The Balaban J connectivity index is 0.00000259. The Hall–Kier alpha value is -2.74. The third kappa shape index (κ3) is 5.27. The lowest BCUT2D eigenvalue weighted by atomic mass is 10.1. The zero-order chi connectivity index (χ0) is 21.8. The van der Waals surface area contributed by atoms with Crippen LogP contribution in [-0.4, -0.2) is 59.4 Å². The lowest BCUT2D eigenvalue weighted by Crippen LogP contribution is -2.46. The van der Waals surface area contributed by atoms with Crippen LogP contribution in [0.2, 0.25) is 0 Å².